The third-order valence-electron chi connectivity index (χ3n) is 2.54. The number of carbonyl (C=O) groups excluding carboxylic acids is 1. The van der Waals surface area contributed by atoms with E-state index in [9.17, 15) is 4.79 Å². The summed E-state index contributed by atoms with van der Waals surface area (Å²) in [5, 5.41) is 0. The highest BCUT2D eigenvalue weighted by molar-refractivity contribution is 5.89. The molecule has 0 atom stereocenters. The molecule has 0 aliphatic heterocycles. The summed E-state index contributed by atoms with van der Waals surface area (Å²) in [4.78, 5) is 11.3. The molecule has 0 amide bonds. The fourth-order valence-electron chi connectivity index (χ4n) is 1.55. The summed E-state index contributed by atoms with van der Waals surface area (Å²) < 4.78 is 9.81. The molecular formula is C16H14O3. The molecule has 1 heterocycles. The molecule has 2 rings (SSSR count). The van der Waals surface area contributed by atoms with Gasteiger partial charge in [-0.3, -0.25) is 0 Å². The van der Waals surface area contributed by atoms with E-state index in [-0.39, 0.29) is 5.97 Å². The average Bonchev–Trinajstić information content (AvgIpc) is 2.96. The summed E-state index contributed by atoms with van der Waals surface area (Å²) in [5.74, 6) is 0.485. The van der Waals surface area contributed by atoms with Crippen LogP contribution in [-0.2, 0) is 4.74 Å². The number of allylic oxidation sites excluding steroid dienone is 2. The summed E-state index contributed by atoms with van der Waals surface area (Å²) in [5.41, 5.74) is 1.56. The van der Waals surface area contributed by atoms with Crippen LogP contribution in [0.2, 0.25) is 0 Å². The Hall–Kier alpha value is -2.55. The maximum Gasteiger partial charge on any atom is 0.337 e. The van der Waals surface area contributed by atoms with E-state index in [4.69, 9.17) is 4.42 Å². The van der Waals surface area contributed by atoms with Crippen LogP contribution in [0.1, 0.15) is 21.7 Å². The van der Waals surface area contributed by atoms with Crippen molar-refractivity contribution in [3.05, 3.63) is 71.7 Å². The minimum absolute atomic E-state index is 0.326. The van der Waals surface area contributed by atoms with Crippen molar-refractivity contribution in [2.75, 3.05) is 7.11 Å². The maximum atomic E-state index is 11.3. The Morgan fingerprint density at radius 1 is 1.11 bits per heavy atom. The normalized spacial score (nSPS) is 11.2. The predicted octanol–water partition coefficient (Wildman–Crippen LogP) is 3.79. The number of rotatable bonds is 4. The molecule has 0 unspecified atom stereocenters. The highest BCUT2D eigenvalue weighted by atomic mass is 16.5. The molecule has 0 saturated heterocycles. The van der Waals surface area contributed by atoms with Gasteiger partial charge < -0.3 is 9.15 Å². The first-order chi connectivity index (χ1) is 9.29. The van der Waals surface area contributed by atoms with Crippen molar-refractivity contribution in [2.24, 2.45) is 0 Å². The molecule has 2 aromatic rings. The number of hydrogen-bond donors (Lipinski definition) is 0. The largest absolute Gasteiger partial charge is 0.465 e. The lowest BCUT2D eigenvalue weighted by Crippen LogP contribution is -2.00. The Bertz CT molecular complexity index is 575. The zero-order chi connectivity index (χ0) is 13.5. The summed E-state index contributed by atoms with van der Waals surface area (Å²) in [6.07, 6.45) is 9.26. The van der Waals surface area contributed by atoms with Crippen LogP contribution in [0.3, 0.4) is 0 Å². The lowest BCUT2D eigenvalue weighted by Gasteiger charge is -1.98. The zero-order valence-corrected chi connectivity index (χ0v) is 10.6. The van der Waals surface area contributed by atoms with Gasteiger partial charge in [-0.25, -0.2) is 4.79 Å². The van der Waals surface area contributed by atoms with Gasteiger partial charge in [0.25, 0.3) is 0 Å². The molecule has 0 aliphatic carbocycles. The van der Waals surface area contributed by atoms with Gasteiger partial charge in [0.05, 0.1) is 18.9 Å². The highest BCUT2D eigenvalue weighted by Crippen LogP contribution is 2.08. The molecule has 0 N–H and O–H groups in total. The highest BCUT2D eigenvalue weighted by Gasteiger charge is 2.02. The molecular weight excluding hydrogens is 240 g/mol. The summed E-state index contributed by atoms with van der Waals surface area (Å²) in [6.45, 7) is 0. The molecule has 1 aromatic heterocycles. The molecule has 0 bridgehead atoms. The standard InChI is InChI=1S/C16H14O3/c1-18-16(17)14-10-8-13(9-11-14)5-2-3-6-15-7-4-12-19-15/h2-12H,1H3/b5-2+,6-3+. The van der Waals surface area contributed by atoms with Crippen molar-refractivity contribution in [3.8, 4) is 0 Å². The van der Waals surface area contributed by atoms with Crippen LogP contribution >= 0.6 is 0 Å². The van der Waals surface area contributed by atoms with E-state index in [0.717, 1.165) is 11.3 Å². The van der Waals surface area contributed by atoms with Gasteiger partial charge in [0, 0.05) is 0 Å². The van der Waals surface area contributed by atoms with Crippen molar-refractivity contribution in [3.63, 3.8) is 0 Å². The second-order valence-corrected chi connectivity index (χ2v) is 3.85. The first-order valence-corrected chi connectivity index (χ1v) is 5.86. The van der Waals surface area contributed by atoms with E-state index < -0.39 is 0 Å². The monoisotopic (exact) mass is 254 g/mol. The Morgan fingerprint density at radius 3 is 2.47 bits per heavy atom. The Labute approximate surface area is 111 Å². The Balaban J connectivity index is 1.97. The lowest BCUT2D eigenvalue weighted by atomic mass is 10.1. The van der Waals surface area contributed by atoms with Gasteiger partial charge >= 0.3 is 5.97 Å². The number of furan rings is 1. The molecule has 0 fully saturated rings. The van der Waals surface area contributed by atoms with E-state index in [0.29, 0.717) is 5.56 Å². The Kier molecular flexibility index (Phi) is 4.34. The SMILES string of the molecule is COC(=O)c1ccc(/C=C/C=C/c2ccco2)cc1. The van der Waals surface area contributed by atoms with Gasteiger partial charge in [-0.1, -0.05) is 30.4 Å². The van der Waals surface area contributed by atoms with Gasteiger partial charge in [-0.2, -0.15) is 0 Å². The molecule has 96 valence electrons. The van der Waals surface area contributed by atoms with E-state index in [1.54, 1.807) is 18.4 Å². The second-order valence-electron chi connectivity index (χ2n) is 3.85. The van der Waals surface area contributed by atoms with Crippen molar-refractivity contribution < 1.29 is 13.9 Å². The molecule has 1 aromatic carbocycles. The average molecular weight is 254 g/mol. The topological polar surface area (TPSA) is 39.4 Å². The number of carbonyl (C=O) groups is 1. The van der Waals surface area contributed by atoms with Gasteiger partial charge in [0.1, 0.15) is 5.76 Å². The fraction of sp³-hybridized carbons (Fsp3) is 0.0625. The van der Waals surface area contributed by atoms with E-state index in [1.807, 2.05) is 48.6 Å². The van der Waals surface area contributed by atoms with E-state index in [2.05, 4.69) is 4.74 Å². The van der Waals surface area contributed by atoms with Gasteiger partial charge in [-0.15, -0.1) is 0 Å². The van der Waals surface area contributed by atoms with Gasteiger partial charge in [0.15, 0.2) is 0 Å². The minimum atomic E-state index is -0.326. The van der Waals surface area contributed by atoms with Gasteiger partial charge in [0.2, 0.25) is 0 Å². The number of ether oxygens (including phenoxy) is 1. The second kappa shape index (κ2) is 6.40. The van der Waals surface area contributed by atoms with Crippen molar-refractivity contribution in [2.45, 2.75) is 0 Å². The molecule has 3 heteroatoms. The van der Waals surface area contributed by atoms with Crippen LogP contribution in [0.5, 0.6) is 0 Å². The van der Waals surface area contributed by atoms with Crippen LogP contribution in [0.15, 0.2) is 59.2 Å². The first-order valence-electron chi connectivity index (χ1n) is 5.86. The lowest BCUT2D eigenvalue weighted by molar-refractivity contribution is 0.0601. The van der Waals surface area contributed by atoms with Crippen molar-refractivity contribution >= 4 is 18.1 Å². The van der Waals surface area contributed by atoms with Crippen LogP contribution < -0.4 is 0 Å². The number of hydrogen-bond acceptors (Lipinski definition) is 3. The molecule has 0 aliphatic rings. The van der Waals surface area contributed by atoms with Crippen LogP contribution in [0.4, 0.5) is 0 Å². The third-order valence-corrected chi connectivity index (χ3v) is 2.54. The summed E-state index contributed by atoms with van der Waals surface area (Å²) >= 11 is 0. The van der Waals surface area contributed by atoms with Crippen molar-refractivity contribution in [1.82, 2.24) is 0 Å². The molecule has 0 spiro atoms. The van der Waals surface area contributed by atoms with Crippen molar-refractivity contribution in [1.29, 1.82) is 0 Å². The van der Waals surface area contributed by atoms with Crippen LogP contribution in [0, 0.1) is 0 Å². The minimum Gasteiger partial charge on any atom is -0.465 e. The van der Waals surface area contributed by atoms with Crippen LogP contribution in [-0.4, -0.2) is 13.1 Å². The zero-order valence-electron chi connectivity index (χ0n) is 10.6. The molecule has 0 radical (unpaired) electrons. The molecule has 0 saturated carbocycles. The first kappa shape index (κ1) is 12.9. The van der Waals surface area contributed by atoms with Crippen LogP contribution in [0.25, 0.3) is 12.2 Å². The number of esters is 1. The third kappa shape index (κ3) is 3.71. The molecule has 3 nitrogen and oxygen atoms in total. The van der Waals surface area contributed by atoms with Gasteiger partial charge in [-0.05, 0) is 35.9 Å². The maximum absolute atomic E-state index is 11.3. The fourth-order valence-corrected chi connectivity index (χ4v) is 1.55. The quantitative estimate of drug-likeness (QED) is 0.615. The molecule has 19 heavy (non-hydrogen) atoms. The number of benzene rings is 1. The summed E-state index contributed by atoms with van der Waals surface area (Å²) in [6, 6.07) is 10.9. The smallest absolute Gasteiger partial charge is 0.337 e. The van der Waals surface area contributed by atoms with E-state index >= 15 is 0 Å². The van der Waals surface area contributed by atoms with E-state index in [1.165, 1.54) is 7.11 Å². The Morgan fingerprint density at radius 2 is 1.84 bits per heavy atom. The summed E-state index contributed by atoms with van der Waals surface area (Å²) in [7, 11) is 1.37. The predicted molar refractivity (Wildman–Crippen MR) is 74.6 cm³/mol. The number of methoxy groups -OCH3 is 1.